The van der Waals surface area contributed by atoms with Crippen LogP contribution in [0.15, 0.2) is 243 Å². The molecule has 0 aliphatic rings. The third-order valence-electron chi connectivity index (χ3n) is 14.5. The van der Waals surface area contributed by atoms with E-state index in [2.05, 4.69) is 266 Å². The van der Waals surface area contributed by atoms with Gasteiger partial charge in [0.15, 0.2) is 0 Å². The minimum Gasteiger partial charge on any atom is -0.309 e. The Morgan fingerprint density at radius 2 is 0.653 bits per heavy atom. The number of aryl methyl sites for hydroxylation is 2. The van der Waals surface area contributed by atoms with Gasteiger partial charge in [-0.05, 0) is 131 Å². The fourth-order valence-electron chi connectivity index (χ4n) is 11.2. The van der Waals surface area contributed by atoms with Gasteiger partial charge < -0.3 is 9.80 Å². The summed E-state index contributed by atoms with van der Waals surface area (Å²) >= 11 is 3.76. The molecule has 4 heteroatoms. The van der Waals surface area contributed by atoms with Gasteiger partial charge in [0.1, 0.15) is 0 Å². The van der Waals surface area contributed by atoms with Crippen molar-refractivity contribution >= 4 is 129 Å². The van der Waals surface area contributed by atoms with E-state index in [4.69, 9.17) is 0 Å². The highest BCUT2D eigenvalue weighted by Crippen LogP contribution is 2.53. The van der Waals surface area contributed by atoms with Crippen molar-refractivity contribution in [1.82, 2.24) is 0 Å². The minimum absolute atomic E-state index is 1.10. The monoisotopic (exact) mass is 954 g/mol. The maximum atomic E-state index is 2.50. The van der Waals surface area contributed by atoms with Crippen molar-refractivity contribution in [1.29, 1.82) is 0 Å². The van der Waals surface area contributed by atoms with Crippen LogP contribution < -0.4 is 9.80 Å². The van der Waals surface area contributed by atoms with Crippen LogP contribution in [0.4, 0.5) is 34.1 Å². The highest BCUT2D eigenvalue weighted by Gasteiger charge is 2.27. The fourth-order valence-corrected chi connectivity index (χ4v) is 13.7. The second kappa shape index (κ2) is 17.1. The minimum atomic E-state index is 1.10. The summed E-state index contributed by atoms with van der Waals surface area (Å²) in [6.07, 6.45) is 0. The first-order chi connectivity index (χ1) is 35.5. The molecule has 0 aliphatic heterocycles. The average Bonchev–Trinajstić information content (AvgIpc) is 4.01. The first-order valence-corrected chi connectivity index (χ1v) is 26.3. The number of hydrogen-bond donors (Lipinski definition) is 0. The zero-order valence-corrected chi connectivity index (χ0v) is 41.4. The molecule has 0 saturated carbocycles. The Bertz CT molecular complexity index is 4140. The lowest BCUT2D eigenvalue weighted by Gasteiger charge is -2.33. The largest absolute Gasteiger partial charge is 0.309 e. The first kappa shape index (κ1) is 42.3. The summed E-state index contributed by atoms with van der Waals surface area (Å²) in [5.74, 6) is 0. The van der Waals surface area contributed by atoms with E-state index in [9.17, 15) is 0 Å². The lowest BCUT2D eigenvalue weighted by Crippen LogP contribution is -2.15. The van der Waals surface area contributed by atoms with Gasteiger partial charge >= 0.3 is 0 Å². The van der Waals surface area contributed by atoms with Gasteiger partial charge in [0.05, 0.1) is 11.4 Å². The van der Waals surface area contributed by atoms with E-state index in [0.717, 1.165) is 34.1 Å². The Kier molecular flexibility index (Phi) is 10.1. The van der Waals surface area contributed by atoms with E-state index in [0.29, 0.717) is 0 Å². The summed E-state index contributed by atoms with van der Waals surface area (Å²) in [6.45, 7) is 4.38. The number of hydrogen-bond acceptors (Lipinski definition) is 4. The second-order valence-corrected chi connectivity index (χ2v) is 21.1. The highest BCUT2D eigenvalue weighted by atomic mass is 32.1. The standard InChI is InChI=1S/C68H46N2S2/c1-43-15-11-19-51(39-43)69(49-35-31-45(32-36-49)53-25-13-27-59-55-21-7-9-29-63(55)71-67(53)59)65-57-23-5-6-24-58(57)66(62-42-48-18-4-3-17-47(48)41-61(62)65)70(52-20-12-16-44(2)40-52)50-37-33-46(34-38-50)54-26-14-28-60-56-22-8-10-30-64(56)72-68(54)60/h3-42H,1-2H3. The number of fused-ring (bicyclic) bond motifs is 9. The van der Waals surface area contributed by atoms with Gasteiger partial charge in [-0.3, -0.25) is 0 Å². The van der Waals surface area contributed by atoms with Crippen molar-refractivity contribution in [2.24, 2.45) is 0 Å². The Balaban J connectivity index is 1.00. The molecule has 340 valence electrons. The topological polar surface area (TPSA) is 6.48 Å². The summed E-state index contributed by atoms with van der Waals surface area (Å²) in [7, 11) is 0. The Labute approximate surface area is 426 Å². The lowest BCUT2D eigenvalue weighted by atomic mass is 9.93. The summed E-state index contributed by atoms with van der Waals surface area (Å²) in [5.41, 5.74) is 14.1. The number of thiophene rings is 2. The normalized spacial score (nSPS) is 11.8. The average molecular weight is 955 g/mol. The van der Waals surface area contributed by atoms with Crippen LogP contribution in [0.1, 0.15) is 11.1 Å². The molecule has 72 heavy (non-hydrogen) atoms. The van der Waals surface area contributed by atoms with E-state index >= 15 is 0 Å². The molecule has 0 radical (unpaired) electrons. The van der Waals surface area contributed by atoms with Crippen LogP contribution in [0.25, 0.3) is 94.9 Å². The molecule has 12 aromatic carbocycles. The Morgan fingerprint density at radius 3 is 1.08 bits per heavy atom. The Morgan fingerprint density at radius 1 is 0.278 bits per heavy atom. The van der Waals surface area contributed by atoms with E-state index in [-0.39, 0.29) is 0 Å². The molecule has 14 rings (SSSR count). The summed E-state index contributed by atoms with van der Waals surface area (Å²) in [6, 6.07) is 90.2. The molecule has 0 bridgehead atoms. The van der Waals surface area contributed by atoms with Gasteiger partial charge in [-0.1, -0.05) is 170 Å². The number of rotatable bonds is 8. The molecule has 0 amide bonds. The molecule has 2 nitrogen and oxygen atoms in total. The molecule has 2 aromatic heterocycles. The molecule has 0 unspecified atom stereocenters. The van der Waals surface area contributed by atoms with E-state index in [1.807, 2.05) is 22.7 Å². The summed E-state index contributed by atoms with van der Waals surface area (Å²) < 4.78 is 5.28. The fraction of sp³-hybridized carbons (Fsp3) is 0.0294. The van der Waals surface area contributed by atoms with Crippen molar-refractivity contribution in [3.8, 4) is 22.3 Å². The van der Waals surface area contributed by atoms with Crippen LogP contribution in [-0.2, 0) is 0 Å². The second-order valence-electron chi connectivity index (χ2n) is 19.0. The summed E-state index contributed by atoms with van der Waals surface area (Å²) in [4.78, 5) is 5.00. The SMILES string of the molecule is Cc1cccc(N(c2ccc(-c3cccc4c3sc3ccccc34)cc2)c2c3ccccc3c(N(c3ccc(-c4cccc5c4sc4ccccc45)cc3)c3cccc(C)c3)c3cc4ccccc4cc23)c1. The van der Waals surface area contributed by atoms with Crippen molar-refractivity contribution in [3.63, 3.8) is 0 Å². The van der Waals surface area contributed by atoms with Crippen LogP contribution in [-0.4, -0.2) is 0 Å². The number of benzene rings is 12. The third kappa shape index (κ3) is 6.98. The lowest BCUT2D eigenvalue weighted by molar-refractivity contribution is 1.28. The smallest absolute Gasteiger partial charge is 0.0620 e. The Hall–Kier alpha value is -8.54. The molecule has 0 spiro atoms. The number of anilines is 6. The van der Waals surface area contributed by atoms with Gasteiger partial charge in [0, 0.05) is 84.6 Å². The first-order valence-electron chi connectivity index (χ1n) is 24.6. The molecule has 0 fully saturated rings. The van der Waals surface area contributed by atoms with Crippen molar-refractivity contribution in [3.05, 3.63) is 254 Å². The highest BCUT2D eigenvalue weighted by molar-refractivity contribution is 7.26. The molecule has 0 atom stereocenters. The van der Waals surface area contributed by atoms with Gasteiger partial charge in [-0.25, -0.2) is 0 Å². The zero-order chi connectivity index (χ0) is 47.9. The van der Waals surface area contributed by atoms with Gasteiger partial charge in [0.25, 0.3) is 0 Å². The van der Waals surface area contributed by atoms with Gasteiger partial charge in [-0.15, -0.1) is 22.7 Å². The maximum Gasteiger partial charge on any atom is 0.0620 e. The van der Waals surface area contributed by atoms with E-state index in [1.54, 1.807) is 0 Å². The molecule has 0 N–H and O–H groups in total. The molecular formula is C68H46N2S2. The number of nitrogens with zero attached hydrogens (tertiary/aromatic N) is 2. The van der Waals surface area contributed by atoms with E-state index < -0.39 is 0 Å². The van der Waals surface area contributed by atoms with Gasteiger partial charge in [-0.2, -0.15) is 0 Å². The van der Waals surface area contributed by atoms with Crippen LogP contribution in [0.3, 0.4) is 0 Å². The molecule has 14 aromatic rings. The van der Waals surface area contributed by atoms with Crippen LogP contribution in [0.5, 0.6) is 0 Å². The predicted molar refractivity (Wildman–Crippen MR) is 314 cm³/mol. The molecule has 0 saturated heterocycles. The molecule has 0 aliphatic carbocycles. The third-order valence-corrected chi connectivity index (χ3v) is 16.9. The zero-order valence-electron chi connectivity index (χ0n) is 39.8. The van der Waals surface area contributed by atoms with Gasteiger partial charge in [0.2, 0.25) is 0 Å². The quantitative estimate of drug-likeness (QED) is 0.111. The maximum absolute atomic E-state index is 2.50. The van der Waals surface area contributed by atoms with Crippen LogP contribution in [0.2, 0.25) is 0 Å². The summed E-state index contributed by atoms with van der Waals surface area (Å²) in [5, 5.41) is 12.3. The van der Waals surface area contributed by atoms with Crippen LogP contribution >= 0.6 is 22.7 Å². The van der Waals surface area contributed by atoms with Crippen molar-refractivity contribution in [2.45, 2.75) is 13.8 Å². The van der Waals surface area contributed by atoms with E-state index in [1.165, 1.54) is 106 Å². The van der Waals surface area contributed by atoms with Crippen molar-refractivity contribution < 1.29 is 0 Å². The predicted octanol–water partition coefficient (Wildman–Crippen LogP) is 20.8. The molecule has 2 heterocycles. The van der Waals surface area contributed by atoms with Crippen molar-refractivity contribution in [2.75, 3.05) is 9.80 Å². The van der Waals surface area contributed by atoms with Crippen LogP contribution in [0, 0.1) is 13.8 Å². The molecular weight excluding hydrogens is 909 g/mol.